The highest BCUT2D eigenvalue weighted by atomic mass is 35.5. The first kappa shape index (κ1) is 19.6. The molecule has 1 N–H and O–H groups in total. The summed E-state index contributed by atoms with van der Waals surface area (Å²) < 4.78 is 41.2. The van der Waals surface area contributed by atoms with Crippen LogP contribution >= 0.6 is 24.0 Å². The first-order valence-electron chi connectivity index (χ1n) is 6.67. The van der Waals surface area contributed by atoms with Gasteiger partial charge in [-0.05, 0) is 25.1 Å². The van der Waals surface area contributed by atoms with Gasteiger partial charge in [0.2, 0.25) is 0 Å². The molecule has 0 bridgehead atoms. The van der Waals surface area contributed by atoms with Crippen LogP contribution in [0.3, 0.4) is 0 Å². The van der Waals surface area contributed by atoms with Crippen LogP contribution in [-0.4, -0.2) is 50.3 Å². The first-order chi connectivity index (χ1) is 9.84. The summed E-state index contributed by atoms with van der Waals surface area (Å²) in [4.78, 5) is 0. The minimum absolute atomic E-state index is 0. The molecule has 0 aromatic heterocycles. The summed E-state index contributed by atoms with van der Waals surface area (Å²) >= 11 is 5.95. The zero-order chi connectivity index (χ0) is 15.6. The monoisotopic (exact) mass is 371 g/mol. The Hall–Kier alpha value is -0.440. The van der Waals surface area contributed by atoms with E-state index in [2.05, 4.69) is 5.32 Å². The highest BCUT2D eigenvalue weighted by Crippen LogP contribution is 2.22. The largest absolute Gasteiger partial charge is 0.315 e. The predicted molar refractivity (Wildman–Crippen MR) is 88.1 cm³/mol. The standard InChI is InChI=1S/C13H19ClFN3O2S.ClH/c1-17(9-11-12(14)4-3-5-13(11)15)21(19,20)18(2)10-6-7-16-8-10;/h3-5,10,16H,6-9H2,1-2H3;1H. The summed E-state index contributed by atoms with van der Waals surface area (Å²) in [5.41, 5.74) is 0.184. The lowest BCUT2D eigenvalue weighted by atomic mass is 10.2. The quantitative estimate of drug-likeness (QED) is 0.859. The molecule has 1 aliphatic heterocycles. The molecule has 1 heterocycles. The van der Waals surface area contributed by atoms with Gasteiger partial charge in [0.15, 0.2) is 0 Å². The van der Waals surface area contributed by atoms with Crippen LogP contribution in [0.25, 0.3) is 0 Å². The van der Waals surface area contributed by atoms with E-state index in [1.807, 2.05) is 0 Å². The van der Waals surface area contributed by atoms with Crippen molar-refractivity contribution in [2.45, 2.75) is 19.0 Å². The number of hydrogen-bond acceptors (Lipinski definition) is 3. The summed E-state index contributed by atoms with van der Waals surface area (Å²) in [6.45, 7) is 1.33. The Bertz CT molecular complexity index is 589. The van der Waals surface area contributed by atoms with Gasteiger partial charge in [0, 0.05) is 43.8 Å². The molecule has 5 nitrogen and oxygen atoms in total. The molecule has 0 spiro atoms. The zero-order valence-electron chi connectivity index (χ0n) is 12.4. The van der Waals surface area contributed by atoms with Gasteiger partial charge in [-0.1, -0.05) is 17.7 Å². The second kappa shape index (κ2) is 7.90. The lowest BCUT2D eigenvalue weighted by Crippen LogP contribution is -2.45. The molecule has 0 amide bonds. The smallest absolute Gasteiger partial charge is 0.282 e. The first-order valence-corrected chi connectivity index (χ1v) is 8.44. The lowest BCUT2D eigenvalue weighted by Gasteiger charge is -2.28. The van der Waals surface area contributed by atoms with Crippen molar-refractivity contribution in [3.63, 3.8) is 0 Å². The molecule has 0 radical (unpaired) electrons. The molecular formula is C13H20Cl2FN3O2S. The Balaban J connectivity index is 0.00000242. The molecule has 1 aromatic rings. The Kier molecular flexibility index (Phi) is 7.04. The fourth-order valence-electron chi connectivity index (χ4n) is 2.35. The van der Waals surface area contributed by atoms with Gasteiger partial charge in [-0.25, -0.2) is 4.39 Å². The van der Waals surface area contributed by atoms with Crippen LogP contribution in [0.1, 0.15) is 12.0 Å². The maximum atomic E-state index is 13.8. The van der Waals surface area contributed by atoms with E-state index >= 15 is 0 Å². The summed E-state index contributed by atoms with van der Waals surface area (Å²) in [6, 6.07) is 4.23. The van der Waals surface area contributed by atoms with Crippen molar-refractivity contribution >= 4 is 34.2 Å². The van der Waals surface area contributed by atoms with E-state index in [9.17, 15) is 12.8 Å². The maximum Gasteiger partial charge on any atom is 0.282 e. The third kappa shape index (κ3) is 4.10. The van der Waals surface area contributed by atoms with Crippen molar-refractivity contribution in [2.75, 3.05) is 27.2 Å². The zero-order valence-corrected chi connectivity index (χ0v) is 14.8. The second-order valence-corrected chi connectivity index (χ2v) is 7.63. The molecular weight excluding hydrogens is 352 g/mol. The van der Waals surface area contributed by atoms with Crippen LogP contribution in [0.5, 0.6) is 0 Å². The number of benzene rings is 1. The van der Waals surface area contributed by atoms with Crippen molar-refractivity contribution in [2.24, 2.45) is 0 Å². The minimum atomic E-state index is -3.65. The van der Waals surface area contributed by atoms with Gasteiger partial charge in [-0.2, -0.15) is 17.0 Å². The van der Waals surface area contributed by atoms with Crippen LogP contribution < -0.4 is 5.32 Å². The molecule has 2 rings (SSSR count). The van der Waals surface area contributed by atoms with E-state index in [0.717, 1.165) is 17.3 Å². The average Bonchev–Trinajstić information content (AvgIpc) is 2.95. The Morgan fingerprint density at radius 1 is 1.41 bits per heavy atom. The lowest BCUT2D eigenvalue weighted by molar-refractivity contribution is 0.340. The van der Waals surface area contributed by atoms with Crippen LogP contribution in [-0.2, 0) is 16.8 Å². The van der Waals surface area contributed by atoms with Gasteiger partial charge in [0.1, 0.15) is 5.82 Å². The van der Waals surface area contributed by atoms with E-state index in [1.165, 1.54) is 23.5 Å². The second-order valence-electron chi connectivity index (χ2n) is 5.13. The van der Waals surface area contributed by atoms with E-state index in [4.69, 9.17) is 11.6 Å². The predicted octanol–water partition coefficient (Wildman–Crippen LogP) is 1.87. The number of likely N-dealkylation sites (N-methyl/N-ethyl adjacent to an activating group) is 1. The van der Waals surface area contributed by atoms with Crippen molar-refractivity contribution in [3.8, 4) is 0 Å². The number of nitrogens with one attached hydrogen (secondary N) is 1. The summed E-state index contributed by atoms with van der Waals surface area (Å²) in [6.07, 6.45) is 0.768. The van der Waals surface area contributed by atoms with Crippen LogP contribution in [0.15, 0.2) is 18.2 Å². The molecule has 1 aliphatic rings. The van der Waals surface area contributed by atoms with Gasteiger partial charge in [-0.15, -0.1) is 12.4 Å². The van der Waals surface area contributed by atoms with Gasteiger partial charge in [0.25, 0.3) is 10.2 Å². The van der Waals surface area contributed by atoms with Crippen LogP contribution in [0.2, 0.25) is 5.02 Å². The van der Waals surface area contributed by atoms with Gasteiger partial charge >= 0.3 is 0 Å². The SMILES string of the molecule is CN(Cc1c(F)cccc1Cl)S(=O)(=O)N(C)C1CCNC1.Cl. The maximum absolute atomic E-state index is 13.8. The molecule has 1 unspecified atom stereocenters. The van der Waals surface area contributed by atoms with Crippen LogP contribution in [0.4, 0.5) is 4.39 Å². The fourth-order valence-corrected chi connectivity index (χ4v) is 3.86. The highest BCUT2D eigenvalue weighted by Gasteiger charge is 2.32. The third-order valence-corrected chi connectivity index (χ3v) is 6.05. The Morgan fingerprint density at radius 2 is 2.09 bits per heavy atom. The molecule has 1 saturated heterocycles. The molecule has 1 aromatic carbocycles. The fraction of sp³-hybridized carbons (Fsp3) is 0.538. The summed E-state index contributed by atoms with van der Waals surface area (Å²) in [7, 11) is -0.677. The van der Waals surface area contributed by atoms with Crippen molar-refractivity contribution in [3.05, 3.63) is 34.6 Å². The number of nitrogens with zero attached hydrogens (tertiary/aromatic N) is 2. The third-order valence-electron chi connectivity index (χ3n) is 3.75. The molecule has 126 valence electrons. The summed E-state index contributed by atoms with van der Waals surface area (Å²) in [5, 5.41) is 3.35. The average molecular weight is 372 g/mol. The Morgan fingerprint density at radius 3 is 2.64 bits per heavy atom. The number of rotatable bonds is 5. The normalized spacial score (nSPS) is 18.7. The number of halogens is 3. The van der Waals surface area contributed by atoms with E-state index < -0.39 is 16.0 Å². The van der Waals surface area contributed by atoms with Gasteiger partial charge in [-0.3, -0.25) is 0 Å². The molecule has 1 fully saturated rings. The highest BCUT2D eigenvalue weighted by molar-refractivity contribution is 7.86. The van der Waals surface area contributed by atoms with Crippen molar-refractivity contribution < 1.29 is 12.8 Å². The molecule has 22 heavy (non-hydrogen) atoms. The van der Waals surface area contributed by atoms with Gasteiger partial charge < -0.3 is 5.32 Å². The van der Waals surface area contributed by atoms with E-state index in [-0.39, 0.29) is 35.6 Å². The Labute approximate surface area is 142 Å². The molecule has 0 saturated carbocycles. The topological polar surface area (TPSA) is 52.7 Å². The van der Waals surface area contributed by atoms with Crippen LogP contribution in [0, 0.1) is 5.82 Å². The molecule has 9 heteroatoms. The van der Waals surface area contributed by atoms with E-state index in [1.54, 1.807) is 13.1 Å². The van der Waals surface area contributed by atoms with E-state index in [0.29, 0.717) is 6.54 Å². The number of hydrogen-bond donors (Lipinski definition) is 1. The van der Waals surface area contributed by atoms with Crippen molar-refractivity contribution in [1.29, 1.82) is 0 Å². The molecule has 0 aliphatic carbocycles. The van der Waals surface area contributed by atoms with Crippen molar-refractivity contribution in [1.82, 2.24) is 13.9 Å². The summed E-state index contributed by atoms with van der Waals surface area (Å²) in [5.74, 6) is -0.505. The minimum Gasteiger partial charge on any atom is -0.315 e. The van der Waals surface area contributed by atoms with Gasteiger partial charge in [0.05, 0.1) is 0 Å². The molecule has 1 atom stereocenters.